The van der Waals surface area contributed by atoms with Crippen molar-refractivity contribution in [2.45, 2.75) is 62.9 Å². The van der Waals surface area contributed by atoms with Gasteiger partial charge in [0, 0.05) is 17.6 Å². The second-order valence-electron chi connectivity index (χ2n) is 10.4. The smallest absolute Gasteiger partial charge is 0.264 e. The Morgan fingerprint density at radius 2 is 1.63 bits per heavy atom. The number of hydrogen-bond donors (Lipinski definition) is 1. The number of carbonyl (C=O) groups excluding carboxylic acids is 2. The van der Waals surface area contributed by atoms with Crippen molar-refractivity contribution in [3.63, 3.8) is 0 Å². The van der Waals surface area contributed by atoms with E-state index in [-0.39, 0.29) is 39.1 Å². The predicted octanol–water partition coefficient (Wildman–Crippen LogP) is 6.02. The van der Waals surface area contributed by atoms with Gasteiger partial charge >= 0.3 is 0 Å². The molecular weight excluding hydrogens is 581 g/mol. The Kier molecular flexibility index (Phi) is 10.3. The number of halogens is 2. The lowest BCUT2D eigenvalue weighted by molar-refractivity contribution is -0.139. The number of amides is 2. The number of nitrogens with one attached hydrogen (secondary N) is 1. The van der Waals surface area contributed by atoms with Gasteiger partial charge in [-0.2, -0.15) is 0 Å². The molecule has 0 saturated heterocycles. The van der Waals surface area contributed by atoms with E-state index < -0.39 is 28.5 Å². The number of rotatable bonds is 11. The van der Waals surface area contributed by atoms with E-state index >= 15 is 0 Å². The number of anilines is 1. The van der Waals surface area contributed by atoms with Gasteiger partial charge in [0.1, 0.15) is 12.6 Å². The van der Waals surface area contributed by atoms with Crippen LogP contribution >= 0.6 is 23.2 Å². The summed E-state index contributed by atoms with van der Waals surface area (Å²) in [5.41, 5.74) is 1.97. The molecule has 0 aromatic heterocycles. The molecule has 3 aromatic rings. The number of aryl methyl sites for hydroxylation is 1. The number of benzene rings is 3. The molecule has 1 aliphatic carbocycles. The number of hydrogen-bond acceptors (Lipinski definition) is 4. The van der Waals surface area contributed by atoms with Crippen LogP contribution < -0.4 is 9.62 Å². The molecule has 0 radical (unpaired) electrons. The van der Waals surface area contributed by atoms with Gasteiger partial charge in [-0.25, -0.2) is 8.42 Å². The van der Waals surface area contributed by atoms with E-state index in [9.17, 15) is 18.0 Å². The van der Waals surface area contributed by atoms with Crippen molar-refractivity contribution in [2.24, 2.45) is 0 Å². The van der Waals surface area contributed by atoms with Crippen LogP contribution in [0.2, 0.25) is 10.0 Å². The SMILES string of the molecule is Cc1ccc(S(=O)(=O)N(CC(=O)N(CCc2ccccc2)[C@H](C)C(=O)NC2CCCC2)c2cc(Cl)ccc2Cl)cc1. The topological polar surface area (TPSA) is 86.8 Å². The van der Waals surface area contributed by atoms with E-state index in [0.717, 1.165) is 41.1 Å². The monoisotopic (exact) mass is 615 g/mol. The van der Waals surface area contributed by atoms with Crippen molar-refractivity contribution < 1.29 is 18.0 Å². The highest BCUT2D eigenvalue weighted by Crippen LogP contribution is 2.33. The summed E-state index contributed by atoms with van der Waals surface area (Å²) < 4.78 is 28.9. The minimum absolute atomic E-state index is 0.00908. The van der Waals surface area contributed by atoms with Crippen molar-refractivity contribution in [2.75, 3.05) is 17.4 Å². The molecule has 0 spiro atoms. The highest BCUT2D eigenvalue weighted by atomic mass is 35.5. The molecule has 2 amide bonds. The Labute approximate surface area is 252 Å². The average Bonchev–Trinajstić information content (AvgIpc) is 3.47. The predicted molar refractivity (Wildman–Crippen MR) is 164 cm³/mol. The van der Waals surface area contributed by atoms with Crippen LogP contribution in [-0.4, -0.2) is 50.3 Å². The fourth-order valence-electron chi connectivity index (χ4n) is 4.99. The lowest BCUT2D eigenvalue weighted by atomic mass is 10.1. The van der Waals surface area contributed by atoms with Crippen LogP contribution in [-0.2, 0) is 26.0 Å². The van der Waals surface area contributed by atoms with Crippen LogP contribution in [0.3, 0.4) is 0 Å². The molecule has 4 rings (SSSR count). The minimum Gasteiger partial charge on any atom is -0.352 e. The lowest BCUT2D eigenvalue weighted by Gasteiger charge is -2.32. The molecule has 7 nitrogen and oxygen atoms in total. The first-order valence-corrected chi connectivity index (χ1v) is 15.9. The van der Waals surface area contributed by atoms with Crippen LogP contribution in [0.5, 0.6) is 0 Å². The summed E-state index contributed by atoms with van der Waals surface area (Å²) >= 11 is 12.7. The third-order valence-corrected chi connectivity index (χ3v) is 9.75. The van der Waals surface area contributed by atoms with Gasteiger partial charge < -0.3 is 10.2 Å². The zero-order valence-electron chi connectivity index (χ0n) is 23.2. The summed E-state index contributed by atoms with van der Waals surface area (Å²) in [6.45, 7) is 3.20. The normalized spacial score (nSPS) is 14.4. The highest BCUT2D eigenvalue weighted by Gasteiger charge is 2.34. The van der Waals surface area contributed by atoms with E-state index in [4.69, 9.17) is 23.2 Å². The highest BCUT2D eigenvalue weighted by molar-refractivity contribution is 7.92. The molecule has 1 aliphatic rings. The zero-order valence-corrected chi connectivity index (χ0v) is 25.6. The van der Waals surface area contributed by atoms with E-state index in [0.29, 0.717) is 6.42 Å². The molecule has 0 aliphatic heterocycles. The molecule has 41 heavy (non-hydrogen) atoms. The largest absolute Gasteiger partial charge is 0.352 e. The molecule has 0 heterocycles. The first-order chi connectivity index (χ1) is 19.6. The van der Waals surface area contributed by atoms with Crippen molar-refractivity contribution >= 4 is 50.7 Å². The third kappa shape index (κ3) is 7.82. The number of sulfonamides is 1. The van der Waals surface area contributed by atoms with Crippen LogP contribution in [0, 0.1) is 6.92 Å². The Hall–Kier alpha value is -3.07. The van der Waals surface area contributed by atoms with E-state index in [2.05, 4.69) is 5.32 Å². The van der Waals surface area contributed by atoms with Crippen LogP contribution in [0.4, 0.5) is 5.69 Å². The van der Waals surface area contributed by atoms with Crippen LogP contribution in [0.15, 0.2) is 77.7 Å². The zero-order chi connectivity index (χ0) is 29.6. The molecule has 0 bridgehead atoms. The van der Waals surface area contributed by atoms with Crippen LogP contribution in [0.1, 0.15) is 43.7 Å². The Morgan fingerprint density at radius 1 is 0.976 bits per heavy atom. The summed E-state index contributed by atoms with van der Waals surface area (Å²) in [6.07, 6.45) is 4.43. The van der Waals surface area contributed by atoms with E-state index in [1.54, 1.807) is 25.1 Å². The fraction of sp³-hybridized carbons (Fsp3) is 0.355. The molecule has 10 heteroatoms. The van der Waals surface area contributed by atoms with Gasteiger partial charge in [-0.15, -0.1) is 0 Å². The lowest BCUT2D eigenvalue weighted by Crippen LogP contribution is -2.53. The molecule has 1 saturated carbocycles. The summed E-state index contributed by atoms with van der Waals surface area (Å²) in [7, 11) is -4.23. The van der Waals surface area contributed by atoms with Gasteiger partial charge in [0.25, 0.3) is 10.0 Å². The van der Waals surface area contributed by atoms with Gasteiger partial charge in [-0.1, -0.05) is 84.1 Å². The maximum absolute atomic E-state index is 14.0. The summed E-state index contributed by atoms with van der Waals surface area (Å²) in [6, 6.07) is 19.7. The summed E-state index contributed by atoms with van der Waals surface area (Å²) in [5, 5.41) is 3.47. The standard InChI is InChI=1S/C31H35Cl2N3O4S/c1-22-12-15-27(16-13-22)41(39,40)36(29-20-25(32)14-17-28(29)33)21-30(37)35(19-18-24-8-4-3-5-9-24)23(2)31(38)34-26-10-6-7-11-26/h3-5,8-9,12-17,20,23,26H,6-7,10-11,18-19,21H2,1-2H3,(H,34,38)/t23-/m1/s1. The van der Waals surface area contributed by atoms with E-state index in [1.807, 2.05) is 37.3 Å². The van der Waals surface area contributed by atoms with Crippen molar-refractivity contribution in [1.29, 1.82) is 0 Å². The molecule has 1 fully saturated rings. The maximum Gasteiger partial charge on any atom is 0.264 e. The maximum atomic E-state index is 14.0. The molecule has 1 N–H and O–H groups in total. The van der Waals surface area contributed by atoms with Gasteiger partial charge in [0.15, 0.2) is 0 Å². The minimum atomic E-state index is -4.23. The van der Waals surface area contributed by atoms with Crippen molar-refractivity contribution in [3.05, 3.63) is 94.0 Å². The van der Waals surface area contributed by atoms with E-state index in [1.165, 1.54) is 29.2 Å². The second kappa shape index (κ2) is 13.7. The average molecular weight is 617 g/mol. The van der Waals surface area contributed by atoms with Crippen LogP contribution in [0.25, 0.3) is 0 Å². The molecule has 0 unspecified atom stereocenters. The van der Waals surface area contributed by atoms with Crippen molar-refractivity contribution in [3.8, 4) is 0 Å². The van der Waals surface area contributed by atoms with Gasteiger partial charge in [-0.3, -0.25) is 13.9 Å². The Balaban J connectivity index is 1.67. The summed E-state index contributed by atoms with van der Waals surface area (Å²) in [4.78, 5) is 28.8. The second-order valence-corrected chi connectivity index (χ2v) is 13.1. The number of carbonyl (C=O) groups is 2. The molecule has 218 valence electrons. The number of nitrogens with zero attached hydrogens (tertiary/aromatic N) is 2. The Morgan fingerprint density at radius 3 is 2.29 bits per heavy atom. The van der Waals surface area contributed by atoms with Gasteiger partial charge in [0.2, 0.25) is 11.8 Å². The Bertz CT molecular complexity index is 1460. The quantitative estimate of drug-likeness (QED) is 0.286. The van der Waals surface area contributed by atoms with Gasteiger partial charge in [0.05, 0.1) is 15.6 Å². The fourth-order valence-corrected chi connectivity index (χ4v) is 6.85. The molecular formula is C31H35Cl2N3O4S. The molecule has 1 atom stereocenters. The first-order valence-electron chi connectivity index (χ1n) is 13.7. The first kappa shape index (κ1) is 30.9. The van der Waals surface area contributed by atoms with Crippen molar-refractivity contribution in [1.82, 2.24) is 10.2 Å². The third-order valence-electron chi connectivity index (χ3n) is 7.42. The van der Waals surface area contributed by atoms with Gasteiger partial charge in [-0.05, 0) is 69.0 Å². The summed E-state index contributed by atoms with van der Waals surface area (Å²) in [5.74, 6) is -0.784. The molecule has 3 aromatic carbocycles.